The molecule has 0 aromatic carbocycles. The summed E-state index contributed by atoms with van der Waals surface area (Å²) in [5, 5.41) is 0. The molecule has 102 valence electrons. The Morgan fingerprint density at radius 3 is 2.72 bits per heavy atom. The molecule has 1 heterocycles. The van der Waals surface area contributed by atoms with Crippen molar-refractivity contribution in [1.82, 2.24) is 14.5 Å². The molecule has 0 radical (unpaired) electrons. The van der Waals surface area contributed by atoms with Crippen molar-refractivity contribution >= 4 is 5.91 Å². The van der Waals surface area contributed by atoms with E-state index in [9.17, 15) is 4.79 Å². The summed E-state index contributed by atoms with van der Waals surface area (Å²) in [6.45, 7) is 1.32. The molecule has 1 aromatic heterocycles. The topological polar surface area (TPSA) is 64.2 Å². The Bertz CT molecular complexity index is 362. The molecule has 5 nitrogen and oxygen atoms in total. The standard InChI is InChI=1S/C13H24N4O/c1-16-10-9-15-12(16)11-17(2)13(18)7-5-3-4-6-8-14/h9-10H,3-8,11,14H2,1-2H3. The number of imidazole rings is 1. The molecule has 1 amide bonds. The van der Waals surface area contributed by atoms with Crippen LogP contribution in [0, 0.1) is 0 Å². The first kappa shape index (κ1) is 14.7. The number of rotatable bonds is 8. The van der Waals surface area contributed by atoms with E-state index in [0.29, 0.717) is 13.0 Å². The molecular formula is C13H24N4O. The summed E-state index contributed by atoms with van der Waals surface area (Å²) in [5.41, 5.74) is 5.42. The Labute approximate surface area is 109 Å². The van der Waals surface area contributed by atoms with Gasteiger partial charge >= 0.3 is 0 Å². The zero-order chi connectivity index (χ0) is 13.4. The summed E-state index contributed by atoms with van der Waals surface area (Å²) in [7, 11) is 3.77. The second-order valence-corrected chi connectivity index (χ2v) is 4.66. The number of hydrogen-bond acceptors (Lipinski definition) is 3. The Kier molecular flexibility index (Phi) is 6.43. The third-order valence-electron chi connectivity index (χ3n) is 3.07. The van der Waals surface area contributed by atoms with Crippen LogP contribution in [0.2, 0.25) is 0 Å². The monoisotopic (exact) mass is 252 g/mol. The fourth-order valence-electron chi connectivity index (χ4n) is 1.81. The molecule has 2 N–H and O–H groups in total. The Morgan fingerprint density at radius 1 is 1.39 bits per heavy atom. The lowest BCUT2D eigenvalue weighted by Gasteiger charge is -2.16. The maximum absolute atomic E-state index is 11.9. The summed E-state index contributed by atoms with van der Waals surface area (Å²) in [4.78, 5) is 17.8. The van der Waals surface area contributed by atoms with Gasteiger partial charge < -0.3 is 15.2 Å². The van der Waals surface area contributed by atoms with E-state index >= 15 is 0 Å². The smallest absolute Gasteiger partial charge is 0.222 e. The normalized spacial score (nSPS) is 10.6. The minimum absolute atomic E-state index is 0.186. The first-order valence-electron chi connectivity index (χ1n) is 6.55. The fourth-order valence-corrected chi connectivity index (χ4v) is 1.81. The van der Waals surface area contributed by atoms with Crippen molar-refractivity contribution in [3.63, 3.8) is 0 Å². The molecule has 0 fully saturated rings. The average Bonchev–Trinajstić information content (AvgIpc) is 2.74. The van der Waals surface area contributed by atoms with Gasteiger partial charge in [-0.05, 0) is 19.4 Å². The lowest BCUT2D eigenvalue weighted by molar-refractivity contribution is -0.130. The summed E-state index contributed by atoms with van der Waals surface area (Å²) >= 11 is 0. The number of carbonyl (C=O) groups excluding carboxylic acids is 1. The largest absolute Gasteiger partial charge is 0.338 e. The van der Waals surface area contributed by atoms with Gasteiger partial charge in [-0.1, -0.05) is 12.8 Å². The average molecular weight is 252 g/mol. The van der Waals surface area contributed by atoms with Gasteiger partial charge in [-0.15, -0.1) is 0 Å². The van der Waals surface area contributed by atoms with Crippen molar-refractivity contribution in [1.29, 1.82) is 0 Å². The van der Waals surface area contributed by atoms with Gasteiger partial charge in [-0.2, -0.15) is 0 Å². The number of hydrogen-bond donors (Lipinski definition) is 1. The van der Waals surface area contributed by atoms with Gasteiger partial charge in [0.05, 0.1) is 6.54 Å². The molecule has 0 aliphatic heterocycles. The summed E-state index contributed by atoms with van der Waals surface area (Å²) in [5.74, 6) is 1.10. The Morgan fingerprint density at radius 2 is 2.11 bits per heavy atom. The van der Waals surface area contributed by atoms with Crippen molar-refractivity contribution in [3.05, 3.63) is 18.2 Å². The highest BCUT2D eigenvalue weighted by Crippen LogP contribution is 2.06. The van der Waals surface area contributed by atoms with Crippen LogP contribution >= 0.6 is 0 Å². The van der Waals surface area contributed by atoms with E-state index in [-0.39, 0.29) is 5.91 Å². The minimum atomic E-state index is 0.186. The number of carbonyl (C=O) groups is 1. The molecular weight excluding hydrogens is 228 g/mol. The van der Waals surface area contributed by atoms with Gasteiger partial charge in [0.25, 0.3) is 0 Å². The van der Waals surface area contributed by atoms with E-state index in [0.717, 1.165) is 38.1 Å². The van der Waals surface area contributed by atoms with Crippen LogP contribution in [0.4, 0.5) is 0 Å². The number of unbranched alkanes of at least 4 members (excludes halogenated alkanes) is 3. The van der Waals surface area contributed by atoms with E-state index in [1.807, 2.05) is 24.9 Å². The summed E-state index contributed by atoms with van der Waals surface area (Å²) < 4.78 is 1.94. The lowest BCUT2D eigenvalue weighted by Crippen LogP contribution is -2.27. The highest BCUT2D eigenvalue weighted by molar-refractivity contribution is 5.75. The molecule has 5 heteroatoms. The molecule has 0 aliphatic rings. The Balaban J connectivity index is 2.23. The summed E-state index contributed by atoms with van der Waals surface area (Å²) in [6, 6.07) is 0. The predicted octanol–water partition coefficient (Wildman–Crippen LogP) is 1.29. The Hall–Kier alpha value is -1.36. The van der Waals surface area contributed by atoms with Gasteiger partial charge in [-0.25, -0.2) is 4.98 Å². The van der Waals surface area contributed by atoms with E-state index in [1.54, 1.807) is 11.1 Å². The van der Waals surface area contributed by atoms with E-state index in [2.05, 4.69) is 4.98 Å². The van der Waals surface area contributed by atoms with Crippen LogP contribution in [-0.2, 0) is 18.4 Å². The van der Waals surface area contributed by atoms with E-state index < -0.39 is 0 Å². The number of nitrogens with zero attached hydrogens (tertiary/aromatic N) is 3. The quantitative estimate of drug-likeness (QED) is 0.709. The molecule has 0 saturated heterocycles. The van der Waals surface area contributed by atoms with Gasteiger partial charge in [0.1, 0.15) is 5.82 Å². The van der Waals surface area contributed by atoms with Gasteiger partial charge in [0, 0.05) is 32.9 Å². The van der Waals surface area contributed by atoms with Gasteiger partial charge in [-0.3, -0.25) is 4.79 Å². The third-order valence-corrected chi connectivity index (χ3v) is 3.07. The van der Waals surface area contributed by atoms with Crippen LogP contribution in [0.1, 0.15) is 37.9 Å². The van der Waals surface area contributed by atoms with Crippen LogP contribution in [0.5, 0.6) is 0 Å². The van der Waals surface area contributed by atoms with Gasteiger partial charge in [0.15, 0.2) is 0 Å². The number of aromatic nitrogens is 2. The molecule has 0 aliphatic carbocycles. The van der Waals surface area contributed by atoms with Gasteiger partial charge in [0.2, 0.25) is 5.91 Å². The van der Waals surface area contributed by atoms with Crippen molar-refractivity contribution < 1.29 is 4.79 Å². The molecule has 0 spiro atoms. The van der Waals surface area contributed by atoms with Crippen LogP contribution in [0.3, 0.4) is 0 Å². The van der Waals surface area contributed by atoms with Crippen LogP contribution in [-0.4, -0.2) is 34.0 Å². The maximum Gasteiger partial charge on any atom is 0.222 e. The van der Waals surface area contributed by atoms with Crippen molar-refractivity contribution in [2.24, 2.45) is 12.8 Å². The number of aryl methyl sites for hydroxylation is 1. The second kappa shape index (κ2) is 7.87. The number of amides is 1. The number of nitrogens with two attached hydrogens (primary N) is 1. The SMILES string of the molecule is CN(Cc1nccn1C)C(=O)CCCCCCN. The van der Waals surface area contributed by atoms with Crippen LogP contribution in [0.15, 0.2) is 12.4 Å². The highest BCUT2D eigenvalue weighted by Gasteiger charge is 2.10. The maximum atomic E-state index is 11.9. The molecule has 0 saturated carbocycles. The fraction of sp³-hybridized carbons (Fsp3) is 0.692. The van der Waals surface area contributed by atoms with Crippen molar-refractivity contribution in [3.8, 4) is 0 Å². The third kappa shape index (κ3) is 4.87. The van der Waals surface area contributed by atoms with Crippen LogP contribution in [0.25, 0.3) is 0 Å². The summed E-state index contributed by atoms with van der Waals surface area (Å²) in [6.07, 6.45) is 8.46. The van der Waals surface area contributed by atoms with E-state index in [1.165, 1.54) is 0 Å². The first-order valence-corrected chi connectivity index (χ1v) is 6.55. The second-order valence-electron chi connectivity index (χ2n) is 4.66. The van der Waals surface area contributed by atoms with Crippen LogP contribution < -0.4 is 5.73 Å². The molecule has 18 heavy (non-hydrogen) atoms. The first-order chi connectivity index (χ1) is 8.65. The zero-order valence-electron chi connectivity index (χ0n) is 11.4. The van der Waals surface area contributed by atoms with E-state index in [4.69, 9.17) is 5.73 Å². The zero-order valence-corrected chi connectivity index (χ0v) is 11.4. The molecule has 1 rings (SSSR count). The highest BCUT2D eigenvalue weighted by atomic mass is 16.2. The lowest BCUT2D eigenvalue weighted by atomic mass is 10.1. The molecule has 0 atom stereocenters. The van der Waals surface area contributed by atoms with Crippen molar-refractivity contribution in [2.75, 3.05) is 13.6 Å². The molecule has 0 bridgehead atoms. The predicted molar refractivity (Wildman–Crippen MR) is 71.8 cm³/mol. The minimum Gasteiger partial charge on any atom is -0.338 e. The van der Waals surface area contributed by atoms with Crippen molar-refractivity contribution in [2.45, 2.75) is 38.6 Å². The molecule has 1 aromatic rings. The molecule has 0 unspecified atom stereocenters.